The molecule has 0 radical (unpaired) electrons. The number of benzene rings is 1. The van der Waals surface area contributed by atoms with Crippen molar-refractivity contribution in [3.63, 3.8) is 0 Å². The minimum absolute atomic E-state index is 0.00694. The van der Waals surface area contributed by atoms with Crippen LogP contribution < -0.4 is 10.1 Å². The highest BCUT2D eigenvalue weighted by atomic mass is 16.5. The molecule has 1 aromatic rings. The number of carbonyl (C=O) groups is 1. The van der Waals surface area contributed by atoms with Crippen LogP contribution >= 0.6 is 0 Å². The Morgan fingerprint density at radius 3 is 3.00 bits per heavy atom. The zero-order valence-electron chi connectivity index (χ0n) is 11.5. The summed E-state index contributed by atoms with van der Waals surface area (Å²) in [5, 5.41) is 3.00. The maximum absolute atomic E-state index is 12.0. The van der Waals surface area contributed by atoms with Gasteiger partial charge in [-0.2, -0.15) is 0 Å². The highest BCUT2D eigenvalue weighted by molar-refractivity contribution is 5.79. The molecule has 1 heterocycles. The summed E-state index contributed by atoms with van der Waals surface area (Å²) in [5.74, 6) is 0.759. The Labute approximate surface area is 114 Å². The van der Waals surface area contributed by atoms with Gasteiger partial charge in [-0.25, -0.2) is 0 Å². The molecule has 1 aliphatic rings. The second-order valence-electron chi connectivity index (χ2n) is 4.90. The zero-order chi connectivity index (χ0) is 13.7. The first-order chi connectivity index (χ1) is 9.20. The molecule has 0 bridgehead atoms. The van der Waals surface area contributed by atoms with Crippen molar-refractivity contribution in [2.45, 2.75) is 38.3 Å². The third-order valence-corrected chi connectivity index (χ3v) is 3.45. The van der Waals surface area contributed by atoms with Crippen LogP contribution in [-0.2, 0) is 16.0 Å². The molecule has 0 spiro atoms. The molecule has 104 valence electrons. The second kappa shape index (κ2) is 6.57. The number of hydrogen-bond acceptors (Lipinski definition) is 3. The van der Waals surface area contributed by atoms with Crippen LogP contribution in [0.5, 0.6) is 5.75 Å². The second-order valence-corrected chi connectivity index (χ2v) is 4.90. The van der Waals surface area contributed by atoms with Gasteiger partial charge in [-0.05, 0) is 25.8 Å². The Bertz CT molecular complexity index is 427. The molecule has 0 saturated carbocycles. The van der Waals surface area contributed by atoms with Crippen LogP contribution in [0.4, 0.5) is 0 Å². The van der Waals surface area contributed by atoms with E-state index in [0.29, 0.717) is 6.42 Å². The van der Waals surface area contributed by atoms with Gasteiger partial charge >= 0.3 is 0 Å². The van der Waals surface area contributed by atoms with Gasteiger partial charge in [-0.1, -0.05) is 18.2 Å². The first kappa shape index (κ1) is 13.9. The van der Waals surface area contributed by atoms with Crippen molar-refractivity contribution in [3.8, 4) is 5.75 Å². The van der Waals surface area contributed by atoms with E-state index in [-0.39, 0.29) is 18.1 Å². The van der Waals surface area contributed by atoms with Gasteiger partial charge in [-0.15, -0.1) is 0 Å². The highest BCUT2D eigenvalue weighted by Crippen LogP contribution is 2.18. The molecule has 2 unspecified atom stereocenters. The Balaban J connectivity index is 1.89. The quantitative estimate of drug-likeness (QED) is 0.883. The summed E-state index contributed by atoms with van der Waals surface area (Å²) in [7, 11) is 1.62. The van der Waals surface area contributed by atoms with Crippen molar-refractivity contribution < 1.29 is 14.3 Å². The monoisotopic (exact) mass is 263 g/mol. The Morgan fingerprint density at radius 2 is 2.32 bits per heavy atom. The molecule has 4 nitrogen and oxygen atoms in total. The summed E-state index contributed by atoms with van der Waals surface area (Å²) >= 11 is 0. The molecule has 1 aromatic carbocycles. The number of ether oxygens (including phenoxy) is 2. The minimum Gasteiger partial charge on any atom is -0.496 e. The maximum atomic E-state index is 12.0. The van der Waals surface area contributed by atoms with Gasteiger partial charge in [0.1, 0.15) is 5.75 Å². The third kappa shape index (κ3) is 3.70. The number of para-hydroxylation sites is 1. The van der Waals surface area contributed by atoms with E-state index in [1.807, 2.05) is 31.2 Å². The van der Waals surface area contributed by atoms with E-state index in [1.165, 1.54) is 0 Å². The number of carbonyl (C=O) groups excluding carboxylic acids is 1. The van der Waals surface area contributed by atoms with E-state index < -0.39 is 0 Å². The molecule has 1 N–H and O–H groups in total. The van der Waals surface area contributed by atoms with E-state index in [0.717, 1.165) is 30.8 Å². The first-order valence-corrected chi connectivity index (χ1v) is 6.73. The van der Waals surface area contributed by atoms with Gasteiger partial charge in [-0.3, -0.25) is 4.79 Å². The van der Waals surface area contributed by atoms with E-state index in [1.54, 1.807) is 7.11 Å². The van der Waals surface area contributed by atoms with Crippen molar-refractivity contribution in [3.05, 3.63) is 29.8 Å². The SMILES string of the molecule is COc1ccccc1CC(=O)NC(C)C1CCCO1. The van der Waals surface area contributed by atoms with Gasteiger partial charge in [0.2, 0.25) is 5.91 Å². The fraction of sp³-hybridized carbons (Fsp3) is 0.533. The standard InChI is InChI=1S/C15H21NO3/c1-11(13-8-5-9-19-13)16-15(17)10-12-6-3-4-7-14(12)18-2/h3-4,6-7,11,13H,5,8-10H2,1-2H3,(H,16,17). The Morgan fingerprint density at radius 1 is 1.53 bits per heavy atom. The van der Waals surface area contributed by atoms with Crippen LogP contribution in [0.2, 0.25) is 0 Å². The van der Waals surface area contributed by atoms with Crippen LogP contribution in [-0.4, -0.2) is 31.8 Å². The minimum atomic E-state index is 0.00694. The summed E-state index contributed by atoms with van der Waals surface area (Å²) < 4.78 is 10.8. The number of hydrogen-bond donors (Lipinski definition) is 1. The topological polar surface area (TPSA) is 47.6 Å². The summed E-state index contributed by atoms with van der Waals surface area (Å²) in [6.07, 6.45) is 2.59. The number of rotatable bonds is 5. The van der Waals surface area contributed by atoms with Crippen molar-refractivity contribution in [2.24, 2.45) is 0 Å². The molecule has 0 aromatic heterocycles. The van der Waals surface area contributed by atoms with Crippen LogP contribution in [0.15, 0.2) is 24.3 Å². The van der Waals surface area contributed by atoms with E-state index in [2.05, 4.69) is 5.32 Å². The van der Waals surface area contributed by atoms with Crippen molar-refractivity contribution in [1.29, 1.82) is 0 Å². The summed E-state index contributed by atoms with van der Waals surface area (Å²) in [6, 6.07) is 7.65. The van der Waals surface area contributed by atoms with Crippen molar-refractivity contribution in [1.82, 2.24) is 5.32 Å². The fourth-order valence-corrected chi connectivity index (χ4v) is 2.42. The van der Waals surface area contributed by atoms with Crippen molar-refractivity contribution >= 4 is 5.91 Å². The largest absolute Gasteiger partial charge is 0.496 e. The smallest absolute Gasteiger partial charge is 0.224 e. The molecule has 1 amide bonds. The maximum Gasteiger partial charge on any atom is 0.224 e. The lowest BCUT2D eigenvalue weighted by atomic mass is 10.1. The predicted molar refractivity (Wildman–Crippen MR) is 73.3 cm³/mol. The molecule has 1 fully saturated rings. The predicted octanol–water partition coefficient (Wildman–Crippen LogP) is 1.92. The number of nitrogens with one attached hydrogen (secondary N) is 1. The summed E-state index contributed by atoms with van der Waals surface area (Å²) in [4.78, 5) is 12.0. The fourth-order valence-electron chi connectivity index (χ4n) is 2.42. The normalized spacial score (nSPS) is 20.0. The molecule has 19 heavy (non-hydrogen) atoms. The van der Waals surface area contributed by atoms with Gasteiger partial charge in [0.05, 0.1) is 25.7 Å². The van der Waals surface area contributed by atoms with Gasteiger partial charge < -0.3 is 14.8 Å². The molecule has 1 aliphatic heterocycles. The van der Waals surface area contributed by atoms with E-state index >= 15 is 0 Å². The van der Waals surface area contributed by atoms with Crippen molar-refractivity contribution in [2.75, 3.05) is 13.7 Å². The Kier molecular flexibility index (Phi) is 4.80. The average Bonchev–Trinajstić information content (AvgIpc) is 2.93. The summed E-state index contributed by atoms with van der Waals surface area (Å²) in [6.45, 7) is 2.80. The number of methoxy groups -OCH3 is 1. The van der Waals surface area contributed by atoms with E-state index in [4.69, 9.17) is 9.47 Å². The lowest BCUT2D eigenvalue weighted by Gasteiger charge is -2.20. The molecular weight excluding hydrogens is 242 g/mol. The van der Waals surface area contributed by atoms with Crippen LogP contribution in [0.25, 0.3) is 0 Å². The lowest BCUT2D eigenvalue weighted by molar-refractivity contribution is -0.121. The third-order valence-electron chi connectivity index (χ3n) is 3.45. The zero-order valence-corrected chi connectivity index (χ0v) is 11.5. The van der Waals surface area contributed by atoms with Gasteiger partial charge in [0.25, 0.3) is 0 Å². The van der Waals surface area contributed by atoms with Crippen LogP contribution in [0.1, 0.15) is 25.3 Å². The molecular formula is C15H21NO3. The van der Waals surface area contributed by atoms with Gasteiger partial charge in [0, 0.05) is 12.2 Å². The molecule has 0 aliphatic carbocycles. The average molecular weight is 263 g/mol. The van der Waals surface area contributed by atoms with Crippen LogP contribution in [0, 0.1) is 0 Å². The van der Waals surface area contributed by atoms with Crippen LogP contribution in [0.3, 0.4) is 0 Å². The Hall–Kier alpha value is -1.55. The first-order valence-electron chi connectivity index (χ1n) is 6.73. The van der Waals surface area contributed by atoms with E-state index in [9.17, 15) is 4.79 Å². The molecule has 2 rings (SSSR count). The molecule has 4 heteroatoms. The molecule has 1 saturated heterocycles. The summed E-state index contributed by atoms with van der Waals surface area (Å²) in [5.41, 5.74) is 0.905. The highest BCUT2D eigenvalue weighted by Gasteiger charge is 2.23. The lowest BCUT2D eigenvalue weighted by Crippen LogP contribution is -2.41. The van der Waals surface area contributed by atoms with Gasteiger partial charge in [0.15, 0.2) is 0 Å². The number of amides is 1. The molecule has 2 atom stereocenters.